The van der Waals surface area contributed by atoms with Crippen LogP contribution in [-0.4, -0.2) is 50.3 Å². The first-order valence-electron chi connectivity index (χ1n) is 9.39. The number of methoxy groups -OCH3 is 2. The molecular weight excluding hydrogens is 403 g/mol. The summed E-state index contributed by atoms with van der Waals surface area (Å²) < 4.78 is 56.3. The van der Waals surface area contributed by atoms with Crippen molar-refractivity contribution in [3.05, 3.63) is 58.9 Å². The zero-order valence-corrected chi connectivity index (χ0v) is 16.6. The molecule has 1 atom stereocenters. The lowest BCUT2D eigenvalue weighted by Crippen LogP contribution is -2.33. The summed E-state index contributed by atoms with van der Waals surface area (Å²) in [5.41, 5.74) is -1.34. The van der Waals surface area contributed by atoms with Crippen LogP contribution in [0.3, 0.4) is 0 Å². The third kappa shape index (κ3) is 4.51. The number of hydrogen-bond acceptors (Lipinski definition) is 6. The van der Waals surface area contributed by atoms with Crippen molar-refractivity contribution < 1.29 is 37.0 Å². The maximum Gasteiger partial charge on any atom is 0.416 e. The molecule has 1 saturated heterocycles. The summed E-state index contributed by atoms with van der Waals surface area (Å²) in [5.74, 6) is -2.95. The predicted molar refractivity (Wildman–Crippen MR) is 100 cm³/mol. The number of nitrogens with zero attached hydrogens (tertiary/aromatic N) is 1. The summed E-state index contributed by atoms with van der Waals surface area (Å²) in [6.07, 6.45) is -0.265. The summed E-state index contributed by atoms with van der Waals surface area (Å²) in [5, 5.41) is 0. The Bertz CT molecular complexity index is 838. The number of ether oxygens (including phenoxy) is 3. The third-order valence-corrected chi connectivity index (χ3v) is 5.09. The molecule has 30 heavy (non-hydrogen) atoms. The van der Waals surface area contributed by atoms with Crippen LogP contribution in [0.2, 0.25) is 0 Å². The lowest BCUT2D eigenvalue weighted by Gasteiger charge is -2.32. The molecule has 9 heteroatoms. The molecule has 6 nitrogen and oxygen atoms in total. The second kappa shape index (κ2) is 8.91. The maximum atomic E-state index is 13.7. The Hall–Kier alpha value is -2.81. The smallest absolute Gasteiger partial charge is 0.416 e. The van der Waals surface area contributed by atoms with Crippen LogP contribution in [-0.2, 0) is 30.0 Å². The highest BCUT2D eigenvalue weighted by atomic mass is 19.4. The van der Waals surface area contributed by atoms with Crippen LogP contribution >= 0.6 is 0 Å². The molecule has 0 unspecified atom stereocenters. The molecule has 1 aromatic carbocycles. The van der Waals surface area contributed by atoms with E-state index in [2.05, 4.69) is 0 Å². The highest BCUT2D eigenvalue weighted by Crippen LogP contribution is 2.43. The van der Waals surface area contributed by atoms with Crippen LogP contribution in [0.1, 0.15) is 29.9 Å². The standard InChI is InChI=1S/C21H22F3NO5/c1-28-19(26)15-11-25(10-13-6-5-9-30-13)12-16(20(27)29-2)18(15)14-7-3-4-8-17(14)21(22,23)24/h3-4,7-8,11-13,18H,5-6,9-10H2,1-2H3/t13-/m1/s1. The van der Waals surface area contributed by atoms with E-state index in [0.29, 0.717) is 13.2 Å². The molecule has 1 fully saturated rings. The number of carbonyl (C=O) groups is 2. The summed E-state index contributed by atoms with van der Waals surface area (Å²) >= 11 is 0. The molecular formula is C21H22F3NO5. The zero-order chi connectivity index (χ0) is 21.9. The van der Waals surface area contributed by atoms with Crippen LogP contribution in [0.5, 0.6) is 0 Å². The highest BCUT2D eigenvalue weighted by Gasteiger charge is 2.41. The molecule has 0 amide bonds. The molecule has 0 bridgehead atoms. The van der Waals surface area contributed by atoms with Gasteiger partial charge in [0.2, 0.25) is 0 Å². The first-order valence-corrected chi connectivity index (χ1v) is 9.39. The van der Waals surface area contributed by atoms with Gasteiger partial charge in [0, 0.05) is 25.6 Å². The molecule has 0 aromatic heterocycles. The van der Waals surface area contributed by atoms with Crippen molar-refractivity contribution in [2.24, 2.45) is 0 Å². The van der Waals surface area contributed by atoms with E-state index in [1.54, 1.807) is 4.90 Å². The zero-order valence-electron chi connectivity index (χ0n) is 16.6. The number of rotatable bonds is 5. The minimum atomic E-state index is -4.67. The number of halogens is 3. The van der Waals surface area contributed by atoms with Gasteiger partial charge in [0.05, 0.1) is 43.0 Å². The summed E-state index contributed by atoms with van der Waals surface area (Å²) in [4.78, 5) is 26.7. The van der Waals surface area contributed by atoms with Crippen molar-refractivity contribution in [3.63, 3.8) is 0 Å². The molecule has 0 aliphatic carbocycles. The van der Waals surface area contributed by atoms with Gasteiger partial charge in [-0.3, -0.25) is 0 Å². The van der Waals surface area contributed by atoms with E-state index in [4.69, 9.17) is 14.2 Å². The molecule has 0 radical (unpaired) electrons. The summed E-state index contributed by atoms with van der Waals surface area (Å²) in [6, 6.07) is 4.84. The van der Waals surface area contributed by atoms with Gasteiger partial charge in [-0.15, -0.1) is 0 Å². The molecule has 2 aliphatic rings. The topological polar surface area (TPSA) is 65.1 Å². The van der Waals surface area contributed by atoms with Gasteiger partial charge in [0.1, 0.15) is 0 Å². The first kappa shape index (κ1) is 21.9. The lowest BCUT2D eigenvalue weighted by atomic mass is 9.81. The van der Waals surface area contributed by atoms with E-state index in [1.807, 2.05) is 0 Å². The SMILES string of the molecule is COC(=O)C1=CN(C[C@H]2CCCO2)C=C(C(=O)OC)C1c1ccccc1C(F)(F)F. The Labute approximate surface area is 171 Å². The minimum Gasteiger partial charge on any atom is -0.466 e. The molecule has 2 heterocycles. The third-order valence-electron chi connectivity index (χ3n) is 5.09. The molecule has 2 aliphatic heterocycles. The molecule has 0 saturated carbocycles. The fourth-order valence-corrected chi connectivity index (χ4v) is 3.76. The van der Waals surface area contributed by atoms with Crippen molar-refractivity contribution in [2.45, 2.75) is 31.0 Å². The largest absolute Gasteiger partial charge is 0.466 e. The minimum absolute atomic E-state index is 0.0879. The number of alkyl halides is 3. The predicted octanol–water partition coefficient (Wildman–Crippen LogP) is 3.40. The van der Waals surface area contributed by atoms with Crippen molar-refractivity contribution in [2.75, 3.05) is 27.4 Å². The summed E-state index contributed by atoms with van der Waals surface area (Å²) in [7, 11) is 2.27. The van der Waals surface area contributed by atoms with E-state index >= 15 is 0 Å². The second-order valence-corrected chi connectivity index (χ2v) is 7.00. The van der Waals surface area contributed by atoms with Gasteiger partial charge in [-0.1, -0.05) is 18.2 Å². The molecule has 3 rings (SSSR count). The van der Waals surface area contributed by atoms with Crippen molar-refractivity contribution in [1.82, 2.24) is 4.90 Å². The number of esters is 2. The first-order chi connectivity index (χ1) is 14.3. The van der Waals surface area contributed by atoms with E-state index in [9.17, 15) is 22.8 Å². The lowest BCUT2D eigenvalue weighted by molar-refractivity contribution is -0.140. The number of benzene rings is 1. The van der Waals surface area contributed by atoms with Crippen LogP contribution < -0.4 is 0 Å². The van der Waals surface area contributed by atoms with Crippen molar-refractivity contribution in [3.8, 4) is 0 Å². The van der Waals surface area contributed by atoms with Crippen LogP contribution in [0, 0.1) is 0 Å². The Morgan fingerprint density at radius 1 is 1.10 bits per heavy atom. The quantitative estimate of drug-likeness (QED) is 0.674. The van der Waals surface area contributed by atoms with Crippen LogP contribution in [0.4, 0.5) is 13.2 Å². The summed E-state index contributed by atoms with van der Waals surface area (Å²) in [6.45, 7) is 0.954. The highest BCUT2D eigenvalue weighted by molar-refractivity contribution is 5.98. The average Bonchev–Trinajstić information content (AvgIpc) is 3.24. The van der Waals surface area contributed by atoms with Gasteiger partial charge >= 0.3 is 18.1 Å². The van der Waals surface area contributed by atoms with E-state index in [-0.39, 0.29) is 22.8 Å². The van der Waals surface area contributed by atoms with Gasteiger partial charge < -0.3 is 19.1 Å². The Morgan fingerprint density at radius 2 is 1.70 bits per heavy atom. The van der Waals surface area contributed by atoms with Gasteiger partial charge in [-0.05, 0) is 24.5 Å². The normalized spacial score (nSPS) is 19.9. The van der Waals surface area contributed by atoms with E-state index in [1.165, 1.54) is 30.6 Å². The number of carbonyl (C=O) groups excluding carboxylic acids is 2. The second-order valence-electron chi connectivity index (χ2n) is 7.00. The monoisotopic (exact) mass is 425 g/mol. The van der Waals surface area contributed by atoms with Gasteiger partial charge in [-0.25, -0.2) is 9.59 Å². The van der Waals surface area contributed by atoms with Crippen molar-refractivity contribution in [1.29, 1.82) is 0 Å². The molecule has 1 aromatic rings. The molecule has 0 N–H and O–H groups in total. The van der Waals surface area contributed by atoms with Gasteiger partial charge in [0.15, 0.2) is 0 Å². The van der Waals surface area contributed by atoms with Crippen LogP contribution in [0.25, 0.3) is 0 Å². The van der Waals surface area contributed by atoms with Crippen molar-refractivity contribution >= 4 is 11.9 Å². The van der Waals surface area contributed by atoms with Gasteiger partial charge in [-0.2, -0.15) is 13.2 Å². The Balaban J connectivity index is 2.12. The maximum absolute atomic E-state index is 13.7. The molecule has 0 spiro atoms. The molecule has 162 valence electrons. The number of hydrogen-bond donors (Lipinski definition) is 0. The average molecular weight is 425 g/mol. The van der Waals surface area contributed by atoms with Gasteiger partial charge in [0.25, 0.3) is 0 Å². The van der Waals surface area contributed by atoms with Crippen LogP contribution in [0.15, 0.2) is 47.8 Å². The fourth-order valence-electron chi connectivity index (χ4n) is 3.76. The Kier molecular flexibility index (Phi) is 6.50. The van der Waals surface area contributed by atoms with E-state index < -0.39 is 29.6 Å². The van der Waals surface area contributed by atoms with E-state index in [0.717, 1.165) is 33.1 Å². The Morgan fingerprint density at radius 3 is 2.20 bits per heavy atom. The fraction of sp³-hybridized carbons (Fsp3) is 0.429.